The van der Waals surface area contributed by atoms with Crippen LogP contribution in [0.3, 0.4) is 0 Å². The molecule has 4 aliphatic rings. The van der Waals surface area contributed by atoms with Gasteiger partial charge < -0.3 is 5.32 Å². The molecule has 2 heterocycles. The van der Waals surface area contributed by atoms with Gasteiger partial charge in [0.25, 0.3) is 0 Å². The van der Waals surface area contributed by atoms with E-state index in [0.717, 1.165) is 57.8 Å². The molecular formula is C21H36Cl2N4O2. The molecule has 4 fully saturated rings. The lowest BCUT2D eigenvalue weighted by atomic mass is 9.67. The van der Waals surface area contributed by atoms with Crippen LogP contribution in [-0.2, 0) is 4.79 Å². The Kier molecular flexibility index (Phi) is 7.63. The highest BCUT2D eigenvalue weighted by Crippen LogP contribution is 2.45. The topological polar surface area (TPSA) is 76.6 Å². The zero-order chi connectivity index (χ0) is 20.4. The standard InChI is InChI=1S/C21H36Cl2N4O2/c22-15-3-1-14(2-4-15)16-10-17-19(11-18(16)23)24-12-25-21(17)27-7-5-13(6-8-27)9-20(28)26-29/h13-19,21,24-25,29H,1-12H2,(H,26,28). The van der Waals surface area contributed by atoms with Gasteiger partial charge in [-0.15, -0.1) is 23.2 Å². The van der Waals surface area contributed by atoms with Crippen LogP contribution < -0.4 is 16.1 Å². The molecule has 6 nitrogen and oxygen atoms in total. The summed E-state index contributed by atoms with van der Waals surface area (Å²) in [5.74, 6) is 2.00. The molecule has 5 atom stereocenters. The lowest BCUT2D eigenvalue weighted by Gasteiger charge is -2.52. The zero-order valence-electron chi connectivity index (χ0n) is 17.2. The second-order valence-corrected chi connectivity index (χ2v) is 10.9. The normalized spacial score (nSPS) is 42.2. The predicted molar refractivity (Wildman–Crippen MR) is 115 cm³/mol. The number of piperidine rings is 1. The van der Waals surface area contributed by atoms with Crippen LogP contribution in [0, 0.1) is 23.7 Å². The summed E-state index contributed by atoms with van der Waals surface area (Å²) in [6.45, 7) is 2.86. The van der Waals surface area contributed by atoms with Gasteiger partial charge in [0, 0.05) is 35.8 Å². The minimum Gasteiger partial charge on any atom is -0.301 e. The summed E-state index contributed by atoms with van der Waals surface area (Å²) in [5.41, 5.74) is 1.77. The van der Waals surface area contributed by atoms with Gasteiger partial charge in [-0.2, -0.15) is 0 Å². The molecular weight excluding hydrogens is 411 g/mol. The van der Waals surface area contributed by atoms with Crippen molar-refractivity contribution in [3.8, 4) is 0 Å². The second-order valence-electron chi connectivity index (χ2n) is 9.68. The Bertz CT molecular complexity index is 553. The number of halogens is 2. The Morgan fingerprint density at radius 3 is 2.41 bits per heavy atom. The smallest absolute Gasteiger partial charge is 0.243 e. The van der Waals surface area contributed by atoms with Crippen LogP contribution in [0.5, 0.6) is 0 Å². The Labute approximate surface area is 184 Å². The third kappa shape index (κ3) is 5.21. The number of hydrogen-bond donors (Lipinski definition) is 4. The fourth-order valence-corrected chi connectivity index (χ4v) is 7.14. The monoisotopic (exact) mass is 446 g/mol. The summed E-state index contributed by atoms with van der Waals surface area (Å²) in [7, 11) is 0. The number of likely N-dealkylation sites (tertiary alicyclic amines) is 1. The van der Waals surface area contributed by atoms with Crippen molar-refractivity contribution in [3.05, 3.63) is 0 Å². The number of hydrogen-bond acceptors (Lipinski definition) is 5. The number of amides is 1. The maximum absolute atomic E-state index is 11.5. The SMILES string of the molecule is O=C(CC1CCN(C2NCNC3CC(Cl)C(C4CCC(Cl)CC4)CC32)CC1)NO. The van der Waals surface area contributed by atoms with E-state index < -0.39 is 0 Å². The first-order valence-electron chi connectivity index (χ1n) is 11.5. The van der Waals surface area contributed by atoms with Gasteiger partial charge in [-0.3, -0.25) is 20.2 Å². The van der Waals surface area contributed by atoms with Crippen molar-refractivity contribution in [1.82, 2.24) is 21.0 Å². The first kappa shape index (κ1) is 22.1. The maximum Gasteiger partial charge on any atom is 0.243 e. The highest BCUT2D eigenvalue weighted by molar-refractivity contribution is 6.21. The van der Waals surface area contributed by atoms with E-state index in [2.05, 4.69) is 15.5 Å². The molecule has 4 N–H and O–H groups in total. The molecule has 0 aromatic rings. The van der Waals surface area contributed by atoms with Crippen molar-refractivity contribution in [2.24, 2.45) is 23.7 Å². The second kappa shape index (κ2) is 10.0. The van der Waals surface area contributed by atoms with Gasteiger partial charge in [0.05, 0.1) is 6.17 Å². The van der Waals surface area contributed by atoms with Gasteiger partial charge in [-0.05, 0) is 82.2 Å². The summed E-state index contributed by atoms with van der Waals surface area (Å²) >= 11 is 13.3. The van der Waals surface area contributed by atoms with Crippen molar-refractivity contribution >= 4 is 29.1 Å². The van der Waals surface area contributed by atoms with Crippen LogP contribution in [0.25, 0.3) is 0 Å². The summed E-state index contributed by atoms with van der Waals surface area (Å²) in [4.78, 5) is 14.1. The summed E-state index contributed by atoms with van der Waals surface area (Å²) in [6, 6.07) is 0.488. The number of carbonyl (C=O) groups is 1. The number of alkyl halides is 2. The van der Waals surface area contributed by atoms with Gasteiger partial charge in [-0.1, -0.05) is 0 Å². The first-order chi connectivity index (χ1) is 14.0. The van der Waals surface area contributed by atoms with Crippen LogP contribution in [0.15, 0.2) is 0 Å². The number of hydroxylamine groups is 1. The summed E-state index contributed by atoms with van der Waals surface area (Å²) in [6.07, 6.45) is 9.81. The quantitative estimate of drug-likeness (QED) is 0.303. The fourth-order valence-electron chi connectivity index (χ4n) is 6.39. The molecule has 29 heavy (non-hydrogen) atoms. The fraction of sp³-hybridized carbons (Fsp3) is 0.952. The minimum atomic E-state index is -0.265. The molecule has 2 saturated carbocycles. The molecule has 5 unspecified atom stereocenters. The average Bonchev–Trinajstić information content (AvgIpc) is 2.74. The summed E-state index contributed by atoms with van der Waals surface area (Å²) < 4.78 is 0. The van der Waals surface area contributed by atoms with Crippen LogP contribution >= 0.6 is 23.2 Å². The van der Waals surface area contributed by atoms with Crippen LogP contribution in [0.1, 0.15) is 57.8 Å². The highest BCUT2D eigenvalue weighted by Gasteiger charge is 2.46. The number of fused-ring (bicyclic) bond motifs is 1. The van der Waals surface area contributed by atoms with Crippen molar-refractivity contribution in [3.63, 3.8) is 0 Å². The van der Waals surface area contributed by atoms with E-state index in [4.69, 9.17) is 28.4 Å². The molecule has 166 valence electrons. The number of nitrogens with zero attached hydrogens (tertiary/aromatic N) is 1. The van der Waals surface area contributed by atoms with E-state index in [1.54, 1.807) is 5.48 Å². The molecule has 0 spiro atoms. The third-order valence-corrected chi connectivity index (χ3v) is 8.97. The molecule has 2 aliphatic carbocycles. The Balaban J connectivity index is 1.37. The molecule has 1 amide bonds. The first-order valence-corrected chi connectivity index (χ1v) is 12.3. The lowest BCUT2D eigenvalue weighted by molar-refractivity contribution is -0.130. The number of nitrogens with one attached hydrogen (secondary N) is 3. The molecule has 0 bridgehead atoms. The molecule has 0 aromatic carbocycles. The average molecular weight is 447 g/mol. The molecule has 4 rings (SSSR count). The predicted octanol–water partition coefficient (Wildman–Crippen LogP) is 2.87. The van der Waals surface area contributed by atoms with Crippen LogP contribution in [0.4, 0.5) is 0 Å². The Hall–Kier alpha value is -0.110. The van der Waals surface area contributed by atoms with E-state index in [1.807, 2.05) is 0 Å². The van der Waals surface area contributed by atoms with Crippen molar-refractivity contribution in [2.75, 3.05) is 19.8 Å². The highest BCUT2D eigenvalue weighted by atomic mass is 35.5. The van der Waals surface area contributed by atoms with Crippen molar-refractivity contribution < 1.29 is 10.0 Å². The molecule has 0 radical (unpaired) electrons. The van der Waals surface area contributed by atoms with E-state index in [-0.39, 0.29) is 11.3 Å². The van der Waals surface area contributed by atoms with E-state index in [1.165, 1.54) is 19.3 Å². The van der Waals surface area contributed by atoms with Gasteiger partial charge >= 0.3 is 0 Å². The van der Waals surface area contributed by atoms with Crippen LogP contribution in [0.2, 0.25) is 0 Å². The van der Waals surface area contributed by atoms with Gasteiger partial charge in [0.15, 0.2) is 0 Å². The van der Waals surface area contributed by atoms with E-state index >= 15 is 0 Å². The van der Waals surface area contributed by atoms with Crippen molar-refractivity contribution in [2.45, 2.75) is 80.7 Å². The van der Waals surface area contributed by atoms with Gasteiger partial charge in [0.1, 0.15) is 0 Å². The Morgan fingerprint density at radius 1 is 1.00 bits per heavy atom. The molecule has 0 aromatic heterocycles. The largest absolute Gasteiger partial charge is 0.301 e. The number of carbonyl (C=O) groups excluding carboxylic acids is 1. The lowest BCUT2D eigenvalue weighted by Crippen LogP contribution is -2.66. The van der Waals surface area contributed by atoms with E-state index in [9.17, 15) is 4.79 Å². The Morgan fingerprint density at radius 2 is 1.72 bits per heavy atom. The molecule has 2 aliphatic heterocycles. The maximum atomic E-state index is 11.5. The van der Waals surface area contributed by atoms with Crippen molar-refractivity contribution in [1.29, 1.82) is 0 Å². The summed E-state index contributed by atoms with van der Waals surface area (Å²) in [5, 5.41) is 16.8. The third-order valence-electron chi connectivity index (χ3n) is 8.03. The van der Waals surface area contributed by atoms with Crippen LogP contribution in [-0.4, -0.2) is 58.7 Å². The number of rotatable bonds is 4. The van der Waals surface area contributed by atoms with Gasteiger partial charge in [0.2, 0.25) is 5.91 Å². The molecule has 8 heteroatoms. The molecule has 2 saturated heterocycles. The van der Waals surface area contributed by atoms with E-state index in [0.29, 0.717) is 41.8 Å². The minimum absolute atomic E-state index is 0.265. The van der Waals surface area contributed by atoms with Gasteiger partial charge in [-0.25, -0.2) is 5.48 Å². The zero-order valence-corrected chi connectivity index (χ0v) is 18.7.